The van der Waals surface area contributed by atoms with E-state index in [9.17, 15) is 0 Å². The van der Waals surface area contributed by atoms with Crippen molar-refractivity contribution in [2.24, 2.45) is 0 Å². The number of anilines is 6. The van der Waals surface area contributed by atoms with Gasteiger partial charge in [0.05, 0.1) is 5.39 Å². The van der Waals surface area contributed by atoms with Gasteiger partial charge in [0.1, 0.15) is 0 Å². The third-order valence-electron chi connectivity index (χ3n) is 10.7. The first-order valence-electron chi connectivity index (χ1n) is 17.3. The molecule has 1 fully saturated rings. The molecule has 1 aromatic heterocycles. The van der Waals surface area contributed by atoms with Crippen molar-refractivity contribution in [3.05, 3.63) is 151 Å². The van der Waals surface area contributed by atoms with Gasteiger partial charge in [0.2, 0.25) is 0 Å². The van der Waals surface area contributed by atoms with Crippen LogP contribution in [0, 0.1) is 12.1 Å². The van der Waals surface area contributed by atoms with Crippen molar-refractivity contribution in [2.45, 2.75) is 38.0 Å². The van der Waals surface area contributed by atoms with Gasteiger partial charge < -0.3 is 9.80 Å². The first kappa shape index (κ1) is 27.8. The van der Waals surface area contributed by atoms with Gasteiger partial charge in [0, 0.05) is 44.4 Å². The Morgan fingerprint density at radius 3 is 2.12 bits per heavy atom. The number of benzene rings is 5. The summed E-state index contributed by atoms with van der Waals surface area (Å²) in [6, 6.07) is 55.9. The Morgan fingerprint density at radius 1 is 0.688 bits per heavy atom. The van der Waals surface area contributed by atoms with Crippen LogP contribution in [0.5, 0.6) is 0 Å². The highest BCUT2D eigenvalue weighted by atomic mass is 32.1. The lowest BCUT2D eigenvalue weighted by molar-refractivity contribution is 0.444. The molecule has 228 valence electrons. The summed E-state index contributed by atoms with van der Waals surface area (Å²) in [6.07, 6.45) is 6.53. The lowest BCUT2D eigenvalue weighted by atomic mass is 9.39. The predicted octanol–water partition coefficient (Wildman–Crippen LogP) is 10.3. The van der Waals surface area contributed by atoms with Crippen molar-refractivity contribution in [3.63, 3.8) is 0 Å². The Hall–Kier alpha value is -5.24. The molecule has 0 N–H and O–H groups in total. The number of fused-ring (bicyclic) bond motifs is 7. The number of nitrogens with zero attached hydrogens (tertiary/aromatic N) is 2. The molecule has 1 aliphatic carbocycles. The number of hydrogen-bond acceptors (Lipinski definition) is 3. The molecular formula is C44H33BN2S. The Morgan fingerprint density at radius 2 is 1.40 bits per heavy atom. The van der Waals surface area contributed by atoms with Gasteiger partial charge in [-0.15, -0.1) is 11.3 Å². The molecule has 3 heterocycles. The second-order valence-corrected chi connectivity index (χ2v) is 14.5. The van der Waals surface area contributed by atoms with E-state index in [0.29, 0.717) is 5.92 Å². The molecule has 0 radical (unpaired) electrons. The molecular weight excluding hydrogens is 599 g/mol. The summed E-state index contributed by atoms with van der Waals surface area (Å²) < 4.78 is 2.75. The molecule has 0 amide bonds. The summed E-state index contributed by atoms with van der Waals surface area (Å²) in [5, 5.41) is 1.22. The fourth-order valence-electron chi connectivity index (χ4n) is 8.56. The molecule has 4 heteroatoms. The van der Waals surface area contributed by atoms with Crippen molar-refractivity contribution < 1.29 is 0 Å². The van der Waals surface area contributed by atoms with Gasteiger partial charge in [-0.2, -0.15) is 0 Å². The van der Waals surface area contributed by atoms with E-state index in [-0.39, 0.29) is 6.71 Å². The summed E-state index contributed by atoms with van der Waals surface area (Å²) in [6.45, 7) is 0.183. The summed E-state index contributed by atoms with van der Waals surface area (Å²) in [7, 11) is 0. The van der Waals surface area contributed by atoms with E-state index in [1.54, 1.807) is 0 Å². The van der Waals surface area contributed by atoms with Gasteiger partial charge in [-0.3, -0.25) is 0 Å². The van der Waals surface area contributed by atoms with Gasteiger partial charge in [0.15, 0.2) is 0 Å². The SMILES string of the molecule is c1ccc2sc3c(c2c#1)-c1cc(C2CCCCC2)cc2c1B3c1ccc(N(c3ccccc3)c3ccccc3)cc1N2c1ccccc1. The van der Waals surface area contributed by atoms with E-state index in [1.807, 2.05) is 17.4 Å². The Kier molecular flexibility index (Phi) is 6.49. The average Bonchev–Trinajstić information content (AvgIpc) is 3.69. The Balaban J connectivity index is 1.26. The van der Waals surface area contributed by atoms with Gasteiger partial charge >= 0.3 is 0 Å². The first-order valence-corrected chi connectivity index (χ1v) is 18.1. The molecule has 6 aromatic carbocycles. The molecule has 10 rings (SSSR count). The largest absolute Gasteiger partial charge is 0.311 e. The van der Waals surface area contributed by atoms with Crippen LogP contribution in [0.15, 0.2) is 133 Å². The molecule has 48 heavy (non-hydrogen) atoms. The Labute approximate surface area is 287 Å². The van der Waals surface area contributed by atoms with Crippen molar-refractivity contribution in [1.82, 2.24) is 0 Å². The fraction of sp³-hybridized carbons (Fsp3) is 0.136. The van der Waals surface area contributed by atoms with Crippen LogP contribution in [-0.2, 0) is 0 Å². The Bertz CT molecular complexity index is 2250. The monoisotopic (exact) mass is 632 g/mol. The predicted molar refractivity (Wildman–Crippen MR) is 205 cm³/mol. The van der Waals surface area contributed by atoms with E-state index >= 15 is 0 Å². The summed E-state index contributed by atoms with van der Waals surface area (Å²) in [5.74, 6) is 0.597. The highest BCUT2D eigenvalue weighted by molar-refractivity contribution is 7.34. The first-order chi connectivity index (χ1) is 23.8. The zero-order valence-corrected chi connectivity index (χ0v) is 27.5. The maximum atomic E-state index is 3.55. The van der Waals surface area contributed by atoms with Gasteiger partial charge in [-0.1, -0.05) is 98.1 Å². The molecule has 2 nitrogen and oxygen atoms in total. The number of para-hydroxylation sites is 3. The summed E-state index contributed by atoms with van der Waals surface area (Å²) in [4.78, 5) is 4.94. The van der Waals surface area contributed by atoms with Crippen LogP contribution in [0.1, 0.15) is 43.6 Å². The molecule has 2 aliphatic heterocycles. The van der Waals surface area contributed by atoms with Crippen molar-refractivity contribution in [1.29, 1.82) is 0 Å². The van der Waals surface area contributed by atoms with Crippen LogP contribution in [0.25, 0.3) is 21.2 Å². The molecule has 0 spiro atoms. The minimum Gasteiger partial charge on any atom is -0.311 e. The molecule has 1 saturated carbocycles. The van der Waals surface area contributed by atoms with Crippen molar-refractivity contribution >= 4 is 78.0 Å². The van der Waals surface area contributed by atoms with Crippen LogP contribution in [0.4, 0.5) is 34.1 Å². The molecule has 3 aliphatic rings. The van der Waals surface area contributed by atoms with Gasteiger partial charge in [-0.25, -0.2) is 0 Å². The quantitative estimate of drug-likeness (QED) is 0.174. The van der Waals surface area contributed by atoms with Crippen molar-refractivity contribution in [2.75, 3.05) is 9.80 Å². The minimum atomic E-state index is 0.183. The van der Waals surface area contributed by atoms with Crippen LogP contribution >= 0.6 is 11.3 Å². The van der Waals surface area contributed by atoms with Gasteiger partial charge in [-0.05, 0) is 112 Å². The van der Waals surface area contributed by atoms with E-state index in [0.717, 1.165) is 17.1 Å². The minimum absolute atomic E-state index is 0.183. The van der Waals surface area contributed by atoms with E-state index in [4.69, 9.17) is 0 Å². The zero-order chi connectivity index (χ0) is 31.6. The lowest BCUT2D eigenvalue weighted by Gasteiger charge is -2.38. The standard InChI is InChI=1S/C44H33BN2S/c1-5-15-30(16-6-1)31-27-37-42-36-23-13-14-24-41(36)48-44(42)45-38-26-25-35(46(32-17-7-2-8-18-32)33-19-9-3-10-20-33)29-39(38)47(40(28-31)43(37)45)34-21-11-4-12-22-34/h2-4,7-12,14,17-22,24-30H,1,5-6,15-16H2. The highest BCUT2D eigenvalue weighted by Crippen LogP contribution is 2.47. The molecule has 0 saturated heterocycles. The molecule has 0 bridgehead atoms. The van der Waals surface area contributed by atoms with Crippen LogP contribution in [-0.4, -0.2) is 6.71 Å². The molecule has 0 unspecified atom stereocenters. The maximum Gasteiger partial charge on any atom is 0.260 e. The maximum absolute atomic E-state index is 3.55. The van der Waals surface area contributed by atoms with Crippen LogP contribution in [0.2, 0.25) is 0 Å². The van der Waals surface area contributed by atoms with Gasteiger partial charge in [0.25, 0.3) is 6.71 Å². The normalized spacial score (nSPS) is 14.8. The van der Waals surface area contributed by atoms with Crippen LogP contribution in [0.3, 0.4) is 0 Å². The van der Waals surface area contributed by atoms with E-state index < -0.39 is 0 Å². The zero-order valence-electron chi connectivity index (χ0n) is 26.7. The van der Waals surface area contributed by atoms with Crippen molar-refractivity contribution in [3.8, 4) is 11.1 Å². The topological polar surface area (TPSA) is 6.48 Å². The van der Waals surface area contributed by atoms with E-state index in [1.165, 1.54) is 91.6 Å². The third-order valence-corrected chi connectivity index (χ3v) is 11.9. The average molecular weight is 633 g/mol. The summed E-state index contributed by atoms with van der Waals surface area (Å²) >= 11 is 1.94. The lowest BCUT2D eigenvalue weighted by Crippen LogP contribution is -2.54. The van der Waals surface area contributed by atoms with E-state index in [2.05, 4.69) is 149 Å². The molecule has 0 atom stereocenters. The van der Waals surface area contributed by atoms with Crippen LogP contribution < -0.4 is 25.5 Å². The molecule has 7 aromatic rings. The number of rotatable bonds is 5. The third kappa shape index (κ3) is 4.28. The second-order valence-electron chi connectivity index (χ2n) is 13.4. The highest BCUT2D eigenvalue weighted by Gasteiger charge is 2.45. The summed E-state index contributed by atoms with van der Waals surface area (Å²) in [5.41, 5.74) is 14.3. The number of thiophene rings is 1. The number of hydrogen-bond donors (Lipinski definition) is 0. The smallest absolute Gasteiger partial charge is 0.260 e. The fourth-order valence-corrected chi connectivity index (χ4v) is 9.86. The second kappa shape index (κ2) is 11.2.